The summed E-state index contributed by atoms with van der Waals surface area (Å²) in [7, 11) is -3.30. The molecule has 0 radical (unpaired) electrons. The molecule has 0 unspecified atom stereocenters. The maximum Gasteiger partial charge on any atom is 0.175 e. The lowest BCUT2D eigenvalue weighted by atomic mass is 9.99. The Morgan fingerprint density at radius 2 is 1.75 bits per heavy atom. The van der Waals surface area contributed by atoms with Crippen LogP contribution >= 0.6 is 23.2 Å². The van der Waals surface area contributed by atoms with Crippen LogP contribution in [0.1, 0.15) is 23.4 Å². The van der Waals surface area contributed by atoms with E-state index in [1.807, 2.05) is 0 Å². The van der Waals surface area contributed by atoms with Gasteiger partial charge in [0.2, 0.25) is 0 Å². The van der Waals surface area contributed by atoms with E-state index in [4.69, 9.17) is 28.9 Å². The Labute approximate surface area is 173 Å². The van der Waals surface area contributed by atoms with Crippen molar-refractivity contribution in [2.24, 2.45) is 5.73 Å². The van der Waals surface area contributed by atoms with Gasteiger partial charge < -0.3 is 10.8 Å². The molecule has 0 aliphatic carbocycles. The molecule has 0 spiro atoms. The molecule has 1 aromatic heterocycles. The molecule has 2 atom stereocenters. The van der Waals surface area contributed by atoms with E-state index in [0.717, 1.165) is 11.8 Å². The van der Waals surface area contributed by atoms with E-state index in [0.29, 0.717) is 26.9 Å². The van der Waals surface area contributed by atoms with E-state index < -0.39 is 22.0 Å². The summed E-state index contributed by atoms with van der Waals surface area (Å²) in [6, 6.07) is 14.2. The highest BCUT2D eigenvalue weighted by atomic mass is 35.5. The van der Waals surface area contributed by atoms with Gasteiger partial charge in [0.1, 0.15) is 6.10 Å². The summed E-state index contributed by atoms with van der Waals surface area (Å²) < 4.78 is 23.5. The lowest BCUT2D eigenvalue weighted by Crippen LogP contribution is -2.20. The molecular formula is C20H18Cl2N2O3S. The fraction of sp³-hybridized carbons (Fsp3) is 0.150. The standard InChI is InChI=1S/C20H18Cl2N2O3S/c1-28(26,27)15-4-2-3-12(9-15)14-6-8-18(24-11-14)20(25)19(23)13-5-7-16(21)17(22)10-13/h2-11,19-20,25H,23H2,1H3/t19-,20-/m0/s1. The zero-order valence-corrected chi connectivity index (χ0v) is 17.2. The second-order valence-electron chi connectivity index (χ2n) is 6.42. The van der Waals surface area contributed by atoms with Gasteiger partial charge in [-0.05, 0) is 41.5 Å². The van der Waals surface area contributed by atoms with Crippen LogP contribution in [-0.4, -0.2) is 24.8 Å². The Hall–Kier alpha value is -1.96. The van der Waals surface area contributed by atoms with Crippen molar-refractivity contribution in [2.45, 2.75) is 17.0 Å². The van der Waals surface area contributed by atoms with Gasteiger partial charge in [-0.3, -0.25) is 4.98 Å². The lowest BCUT2D eigenvalue weighted by molar-refractivity contribution is 0.142. The molecule has 3 aromatic rings. The first-order valence-electron chi connectivity index (χ1n) is 8.32. The first-order chi connectivity index (χ1) is 13.2. The van der Waals surface area contributed by atoms with E-state index in [1.54, 1.807) is 60.8 Å². The van der Waals surface area contributed by atoms with Gasteiger partial charge in [0.15, 0.2) is 9.84 Å². The van der Waals surface area contributed by atoms with Crippen LogP contribution in [0.3, 0.4) is 0 Å². The summed E-state index contributed by atoms with van der Waals surface area (Å²) in [5.74, 6) is 0. The van der Waals surface area contributed by atoms with Crippen LogP contribution in [0.5, 0.6) is 0 Å². The van der Waals surface area contributed by atoms with E-state index in [9.17, 15) is 13.5 Å². The first kappa shape index (κ1) is 20.8. The van der Waals surface area contributed by atoms with E-state index in [1.165, 1.54) is 0 Å². The SMILES string of the molecule is CS(=O)(=O)c1cccc(-c2ccc([C@H](O)[C@@H](N)c3ccc(Cl)c(Cl)c3)nc2)c1. The molecule has 8 heteroatoms. The molecule has 146 valence electrons. The number of nitrogens with zero attached hydrogens (tertiary/aromatic N) is 1. The molecule has 3 rings (SSSR count). The van der Waals surface area contributed by atoms with Gasteiger partial charge in [-0.1, -0.05) is 47.5 Å². The van der Waals surface area contributed by atoms with Crippen LogP contribution in [0, 0.1) is 0 Å². The molecule has 0 saturated heterocycles. The number of rotatable bonds is 5. The Balaban J connectivity index is 1.85. The zero-order chi connectivity index (χ0) is 20.5. The van der Waals surface area contributed by atoms with Gasteiger partial charge >= 0.3 is 0 Å². The highest BCUT2D eigenvalue weighted by molar-refractivity contribution is 7.90. The molecule has 0 aliphatic heterocycles. The van der Waals surface area contributed by atoms with Crippen molar-refractivity contribution in [1.29, 1.82) is 0 Å². The van der Waals surface area contributed by atoms with Crippen LogP contribution in [0.15, 0.2) is 65.7 Å². The van der Waals surface area contributed by atoms with Crippen LogP contribution in [0.2, 0.25) is 10.0 Å². The Morgan fingerprint density at radius 1 is 1.00 bits per heavy atom. The van der Waals surface area contributed by atoms with Crippen molar-refractivity contribution in [3.8, 4) is 11.1 Å². The minimum atomic E-state index is -3.30. The van der Waals surface area contributed by atoms with Crippen molar-refractivity contribution in [2.75, 3.05) is 6.26 Å². The number of pyridine rings is 1. The number of aromatic nitrogens is 1. The van der Waals surface area contributed by atoms with Crippen molar-refractivity contribution in [3.63, 3.8) is 0 Å². The van der Waals surface area contributed by atoms with Gasteiger partial charge in [-0.15, -0.1) is 0 Å². The molecule has 2 aromatic carbocycles. The largest absolute Gasteiger partial charge is 0.385 e. The third-order valence-electron chi connectivity index (χ3n) is 4.35. The summed E-state index contributed by atoms with van der Waals surface area (Å²) in [4.78, 5) is 4.53. The molecule has 1 heterocycles. The normalized spacial score (nSPS) is 13.9. The van der Waals surface area contributed by atoms with Gasteiger partial charge in [0.05, 0.1) is 26.7 Å². The van der Waals surface area contributed by atoms with E-state index >= 15 is 0 Å². The second kappa shape index (κ2) is 8.19. The summed E-state index contributed by atoms with van der Waals surface area (Å²) in [5, 5.41) is 11.3. The first-order valence-corrected chi connectivity index (χ1v) is 11.0. The van der Waals surface area contributed by atoms with Crippen LogP contribution in [0.4, 0.5) is 0 Å². The molecule has 0 fully saturated rings. The third kappa shape index (κ3) is 4.54. The number of aliphatic hydroxyl groups excluding tert-OH is 1. The number of nitrogens with two attached hydrogens (primary N) is 1. The molecule has 5 nitrogen and oxygen atoms in total. The predicted molar refractivity (Wildman–Crippen MR) is 111 cm³/mol. The zero-order valence-electron chi connectivity index (χ0n) is 14.9. The molecule has 3 N–H and O–H groups in total. The molecule has 0 saturated carbocycles. The highest BCUT2D eigenvalue weighted by Crippen LogP contribution is 2.31. The molecular weight excluding hydrogens is 419 g/mol. The van der Waals surface area contributed by atoms with Crippen LogP contribution in [-0.2, 0) is 9.84 Å². The number of hydrogen-bond acceptors (Lipinski definition) is 5. The fourth-order valence-electron chi connectivity index (χ4n) is 2.74. The highest BCUT2D eigenvalue weighted by Gasteiger charge is 2.21. The molecule has 28 heavy (non-hydrogen) atoms. The Morgan fingerprint density at radius 3 is 2.36 bits per heavy atom. The fourth-order valence-corrected chi connectivity index (χ4v) is 3.72. The van der Waals surface area contributed by atoms with Crippen LogP contribution in [0.25, 0.3) is 11.1 Å². The van der Waals surface area contributed by atoms with Gasteiger partial charge in [-0.25, -0.2) is 8.42 Å². The lowest BCUT2D eigenvalue weighted by Gasteiger charge is -2.19. The van der Waals surface area contributed by atoms with Crippen LogP contribution < -0.4 is 5.73 Å². The van der Waals surface area contributed by atoms with Crippen molar-refractivity contribution in [3.05, 3.63) is 82.1 Å². The summed E-state index contributed by atoms with van der Waals surface area (Å²) in [6.45, 7) is 0. The van der Waals surface area contributed by atoms with E-state index in [2.05, 4.69) is 4.98 Å². The average molecular weight is 437 g/mol. The number of sulfone groups is 1. The number of halogens is 2. The smallest absolute Gasteiger partial charge is 0.175 e. The maximum atomic E-state index is 11.7. The van der Waals surface area contributed by atoms with Gasteiger partial charge in [0, 0.05) is 18.0 Å². The Bertz CT molecular complexity index is 1100. The molecule has 0 aliphatic rings. The third-order valence-corrected chi connectivity index (χ3v) is 6.20. The maximum absolute atomic E-state index is 11.7. The summed E-state index contributed by atoms with van der Waals surface area (Å²) >= 11 is 11.9. The summed E-state index contributed by atoms with van der Waals surface area (Å²) in [5.41, 5.74) is 8.61. The van der Waals surface area contributed by atoms with Gasteiger partial charge in [-0.2, -0.15) is 0 Å². The number of benzene rings is 2. The van der Waals surface area contributed by atoms with Gasteiger partial charge in [0.25, 0.3) is 0 Å². The molecule has 0 bridgehead atoms. The minimum absolute atomic E-state index is 0.232. The second-order valence-corrected chi connectivity index (χ2v) is 9.25. The number of aliphatic hydroxyl groups is 1. The minimum Gasteiger partial charge on any atom is -0.385 e. The summed E-state index contributed by atoms with van der Waals surface area (Å²) in [6.07, 6.45) is 1.68. The topological polar surface area (TPSA) is 93.3 Å². The molecule has 0 amide bonds. The van der Waals surface area contributed by atoms with Crippen molar-refractivity contribution in [1.82, 2.24) is 4.98 Å². The Kier molecular flexibility index (Phi) is 6.07. The monoisotopic (exact) mass is 436 g/mol. The van der Waals surface area contributed by atoms with Crippen molar-refractivity contribution < 1.29 is 13.5 Å². The average Bonchev–Trinajstić information content (AvgIpc) is 2.68. The van der Waals surface area contributed by atoms with Crippen molar-refractivity contribution >= 4 is 33.0 Å². The van der Waals surface area contributed by atoms with E-state index in [-0.39, 0.29) is 4.90 Å². The predicted octanol–water partition coefficient (Wildman–Crippen LogP) is 4.19. The number of hydrogen-bond donors (Lipinski definition) is 2. The quantitative estimate of drug-likeness (QED) is 0.624.